The quantitative estimate of drug-likeness (QED) is 0.690. The molecular formula is C11H14ClN5S. The second-order valence-corrected chi connectivity index (χ2v) is 5.41. The first kappa shape index (κ1) is 13.2. The number of nitrogen functional groups attached to an aromatic ring is 1. The molecule has 0 saturated carbocycles. The standard InChI is InChI=1S/C11H14ClN5S/c1-7(2)17-10(13)15-16-11(17)18-6-8-3-4-9(12)14-5-8/h3-5,7H,6H2,1-2H3,(H2,13,15). The Morgan fingerprint density at radius 2 is 2.17 bits per heavy atom. The Labute approximate surface area is 115 Å². The SMILES string of the molecule is CC(C)n1c(N)nnc1SCc1ccc(Cl)nc1. The van der Waals surface area contributed by atoms with Crippen molar-refractivity contribution >= 4 is 29.3 Å². The molecule has 0 aliphatic carbocycles. The summed E-state index contributed by atoms with van der Waals surface area (Å²) in [5.74, 6) is 1.20. The minimum absolute atomic E-state index is 0.242. The molecule has 0 radical (unpaired) electrons. The topological polar surface area (TPSA) is 69.6 Å². The number of halogens is 1. The molecule has 96 valence electrons. The zero-order valence-corrected chi connectivity index (χ0v) is 11.7. The first-order chi connectivity index (χ1) is 8.58. The molecule has 0 saturated heterocycles. The van der Waals surface area contributed by atoms with E-state index in [2.05, 4.69) is 15.2 Å². The van der Waals surface area contributed by atoms with E-state index in [4.69, 9.17) is 17.3 Å². The third-order valence-electron chi connectivity index (χ3n) is 2.36. The third kappa shape index (κ3) is 2.94. The van der Waals surface area contributed by atoms with Gasteiger partial charge in [0.05, 0.1) is 0 Å². The molecule has 2 heterocycles. The predicted octanol–water partition coefficient (Wildman–Crippen LogP) is 2.78. The first-order valence-electron chi connectivity index (χ1n) is 5.51. The lowest BCUT2D eigenvalue weighted by atomic mass is 10.3. The average molecular weight is 284 g/mol. The van der Waals surface area contributed by atoms with Crippen LogP contribution in [0, 0.1) is 0 Å². The van der Waals surface area contributed by atoms with Gasteiger partial charge in [0.25, 0.3) is 0 Å². The van der Waals surface area contributed by atoms with Gasteiger partial charge in [-0.15, -0.1) is 10.2 Å². The molecule has 0 bridgehead atoms. The molecule has 2 N–H and O–H groups in total. The molecule has 0 amide bonds. The molecule has 2 rings (SSSR count). The predicted molar refractivity (Wildman–Crippen MR) is 73.6 cm³/mol. The first-order valence-corrected chi connectivity index (χ1v) is 6.88. The van der Waals surface area contributed by atoms with E-state index in [0.29, 0.717) is 11.1 Å². The van der Waals surface area contributed by atoms with E-state index in [1.165, 1.54) is 0 Å². The summed E-state index contributed by atoms with van der Waals surface area (Å²) in [6.45, 7) is 4.10. The van der Waals surface area contributed by atoms with Crippen LogP contribution in [0.2, 0.25) is 5.15 Å². The zero-order valence-electron chi connectivity index (χ0n) is 10.2. The number of nitrogens with two attached hydrogens (primary N) is 1. The van der Waals surface area contributed by atoms with Crippen LogP contribution in [-0.4, -0.2) is 19.7 Å². The highest BCUT2D eigenvalue weighted by molar-refractivity contribution is 7.98. The maximum atomic E-state index is 5.78. The van der Waals surface area contributed by atoms with Gasteiger partial charge in [0.2, 0.25) is 5.95 Å². The van der Waals surface area contributed by atoms with Crippen molar-refractivity contribution in [1.29, 1.82) is 0 Å². The van der Waals surface area contributed by atoms with Gasteiger partial charge in [0, 0.05) is 18.0 Å². The average Bonchev–Trinajstić information content (AvgIpc) is 2.70. The molecule has 0 spiro atoms. The minimum Gasteiger partial charge on any atom is -0.368 e. The molecule has 0 atom stereocenters. The van der Waals surface area contributed by atoms with E-state index in [1.807, 2.05) is 24.5 Å². The molecule has 2 aromatic heterocycles. The molecule has 0 aromatic carbocycles. The van der Waals surface area contributed by atoms with E-state index >= 15 is 0 Å². The van der Waals surface area contributed by atoms with Crippen molar-refractivity contribution in [2.24, 2.45) is 0 Å². The van der Waals surface area contributed by atoms with E-state index in [1.54, 1.807) is 24.0 Å². The zero-order chi connectivity index (χ0) is 13.1. The summed E-state index contributed by atoms with van der Waals surface area (Å²) >= 11 is 7.32. The highest BCUT2D eigenvalue weighted by atomic mass is 35.5. The Morgan fingerprint density at radius 1 is 1.39 bits per heavy atom. The fourth-order valence-corrected chi connectivity index (χ4v) is 2.63. The number of nitrogens with zero attached hydrogens (tertiary/aromatic N) is 4. The smallest absolute Gasteiger partial charge is 0.222 e. The number of anilines is 1. The van der Waals surface area contributed by atoms with Crippen LogP contribution in [-0.2, 0) is 5.75 Å². The molecule has 0 unspecified atom stereocenters. The van der Waals surface area contributed by atoms with Crippen LogP contribution >= 0.6 is 23.4 Å². The number of hydrogen-bond donors (Lipinski definition) is 1. The van der Waals surface area contributed by atoms with Crippen molar-refractivity contribution in [2.75, 3.05) is 5.73 Å². The van der Waals surface area contributed by atoms with Gasteiger partial charge < -0.3 is 5.73 Å². The Bertz CT molecular complexity index is 523. The van der Waals surface area contributed by atoms with Crippen molar-refractivity contribution in [1.82, 2.24) is 19.7 Å². The second kappa shape index (κ2) is 5.58. The second-order valence-electron chi connectivity index (χ2n) is 4.08. The number of hydrogen-bond acceptors (Lipinski definition) is 5. The molecule has 18 heavy (non-hydrogen) atoms. The molecule has 5 nitrogen and oxygen atoms in total. The normalized spacial score (nSPS) is 11.1. The number of rotatable bonds is 4. The van der Waals surface area contributed by atoms with E-state index in [0.717, 1.165) is 16.5 Å². The summed E-state index contributed by atoms with van der Waals surface area (Å²) in [5, 5.41) is 9.29. The third-order valence-corrected chi connectivity index (χ3v) is 3.60. The van der Waals surface area contributed by atoms with Crippen molar-refractivity contribution < 1.29 is 0 Å². The van der Waals surface area contributed by atoms with Crippen molar-refractivity contribution in [3.8, 4) is 0 Å². The van der Waals surface area contributed by atoms with E-state index in [-0.39, 0.29) is 6.04 Å². The van der Waals surface area contributed by atoms with Crippen LogP contribution in [0.1, 0.15) is 25.5 Å². The monoisotopic (exact) mass is 283 g/mol. The van der Waals surface area contributed by atoms with Crippen LogP contribution in [0.15, 0.2) is 23.5 Å². The van der Waals surface area contributed by atoms with Crippen LogP contribution in [0.5, 0.6) is 0 Å². The van der Waals surface area contributed by atoms with Crippen molar-refractivity contribution in [3.63, 3.8) is 0 Å². The number of thioether (sulfide) groups is 1. The van der Waals surface area contributed by atoms with Gasteiger partial charge >= 0.3 is 0 Å². The minimum atomic E-state index is 0.242. The summed E-state index contributed by atoms with van der Waals surface area (Å²) < 4.78 is 1.91. The highest BCUT2D eigenvalue weighted by Gasteiger charge is 2.12. The van der Waals surface area contributed by atoms with Crippen LogP contribution in [0.3, 0.4) is 0 Å². The van der Waals surface area contributed by atoms with Gasteiger partial charge in [-0.2, -0.15) is 0 Å². The fourth-order valence-electron chi connectivity index (χ4n) is 1.51. The lowest BCUT2D eigenvalue weighted by molar-refractivity contribution is 0.557. The highest BCUT2D eigenvalue weighted by Crippen LogP contribution is 2.25. The van der Waals surface area contributed by atoms with Gasteiger partial charge in [0.15, 0.2) is 5.16 Å². The summed E-state index contributed by atoms with van der Waals surface area (Å²) in [6, 6.07) is 3.96. The number of aromatic nitrogens is 4. The molecule has 7 heteroatoms. The lowest BCUT2D eigenvalue weighted by Crippen LogP contribution is -2.07. The van der Waals surface area contributed by atoms with Gasteiger partial charge in [0.1, 0.15) is 5.15 Å². The van der Waals surface area contributed by atoms with Crippen molar-refractivity contribution in [2.45, 2.75) is 30.8 Å². The summed E-state index contributed by atoms with van der Waals surface area (Å²) in [6.07, 6.45) is 1.76. The fraction of sp³-hybridized carbons (Fsp3) is 0.364. The largest absolute Gasteiger partial charge is 0.368 e. The van der Waals surface area contributed by atoms with Crippen LogP contribution in [0.4, 0.5) is 5.95 Å². The Balaban J connectivity index is 2.08. The maximum absolute atomic E-state index is 5.78. The van der Waals surface area contributed by atoms with Gasteiger partial charge in [-0.1, -0.05) is 29.4 Å². The molecule has 0 fully saturated rings. The Morgan fingerprint density at radius 3 is 2.78 bits per heavy atom. The lowest BCUT2D eigenvalue weighted by Gasteiger charge is -2.11. The molecule has 0 aliphatic heterocycles. The van der Waals surface area contributed by atoms with E-state index in [9.17, 15) is 0 Å². The van der Waals surface area contributed by atoms with Crippen molar-refractivity contribution in [3.05, 3.63) is 29.0 Å². The molecule has 0 aliphatic rings. The Hall–Kier alpha value is -1.27. The van der Waals surface area contributed by atoms with E-state index < -0.39 is 0 Å². The summed E-state index contributed by atoms with van der Waals surface area (Å²) in [4.78, 5) is 4.04. The summed E-state index contributed by atoms with van der Waals surface area (Å²) in [7, 11) is 0. The molecule has 2 aromatic rings. The van der Waals surface area contributed by atoms with Gasteiger partial charge in [-0.25, -0.2) is 4.98 Å². The van der Waals surface area contributed by atoms with Gasteiger partial charge in [-0.05, 0) is 25.5 Å². The van der Waals surface area contributed by atoms with Gasteiger partial charge in [-0.3, -0.25) is 4.57 Å². The van der Waals surface area contributed by atoms with Crippen LogP contribution in [0.25, 0.3) is 0 Å². The summed E-state index contributed by atoms with van der Waals surface area (Å²) in [5.41, 5.74) is 6.86. The molecular weight excluding hydrogens is 270 g/mol. The van der Waals surface area contributed by atoms with Crippen LogP contribution < -0.4 is 5.73 Å². The Kier molecular flexibility index (Phi) is 4.08. The maximum Gasteiger partial charge on any atom is 0.222 e. The number of pyridine rings is 1.